The Labute approximate surface area is 172 Å². The summed E-state index contributed by atoms with van der Waals surface area (Å²) >= 11 is 0. The normalized spacial score (nSPS) is 15.1. The number of nitrogens with zero attached hydrogens (tertiary/aromatic N) is 2. The minimum Gasteiger partial charge on any atom is -0.342 e. The van der Waals surface area contributed by atoms with Crippen molar-refractivity contribution in [3.63, 3.8) is 0 Å². The van der Waals surface area contributed by atoms with Gasteiger partial charge in [-0.25, -0.2) is 4.98 Å². The standard InChI is InChI=1S/C22H23F3N4O/c1-21(26,29(2)3)19(14-9-5-4-6-10-14)28-20(30)16-13-18(22(23,24)25)27-17-12-8-7-11-15(16)17/h4-13,19H,26H2,1-3H3,(H,28,30). The van der Waals surface area contributed by atoms with Gasteiger partial charge in [-0.3, -0.25) is 9.69 Å². The lowest BCUT2D eigenvalue weighted by molar-refractivity contribution is -0.140. The predicted molar refractivity (Wildman–Crippen MR) is 110 cm³/mol. The van der Waals surface area contributed by atoms with Gasteiger partial charge in [-0.15, -0.1) is 0 Å². The average Bonchev–Trinajstić information content (AvgIpc) is 2.70. The number of pyridine rings is 1. The van der Waals surface area contributed by atoms with E-state index in [-0.39, 0.29) is 11.1 Å². The Morgan fingerprint density at radius 2 is 1.67 bits per heavy atom. The van der Waals surface area contributed by atoms with Gasteiger partial charge >= 0.3 is 6.18 Å². The fraction of sp³-hybridized carbons (Fsp3) is 0.273. The largest absolute Gasteiger partial charge is 0.433 e. The number of nitrogens with two attached hydrogens (primary N) is 1. The Balaban J connectivity index is 2.10. The lowest BCUT2D eigenvalue weighted by Gasteiger charge is -2.40. The summed E-state index contributed by atoms with van der Waals surface area (Å²) < 4.78 is 40.1. The third kappa shape index (κ3) is 4.29. The zero-order chi connectivity index (χ0) is 22.1. The van der Waals surface area contributed by atoms with E-state index in [0.29, 0.717) is 5.39 Å². The number of alkyl halides is 3. The highest BCUT2D eigenvalue weighted by molar-refractivity contribution is 6.06. The number of benzene rings is 2. The molecule has 0 fully saturated rings. The second-order valence-electron chi connectivity index (χ2n) is 7.51. The van der Waals surface area contributed by atoms with Gasteiger partial charge < -0.3 is 11.1 Å². The van der Waals surface area contributed by atoms with Crippen LogP contribution in [0.4, 0.5) is 13.2 Å². The number of carbonyl (C=O) groups is 1. The zero-order valence-corrected chi connectivity index (χ0v) is 16.9. The molecule has 1 aromatic heterocycles. The Hall–Kier alpha value is -2.97. The maximum Gasteiger partial charge on any atom is 0.433 e. The maximum absolute atomic E-state index is 13.4. The molecule has 8 heteroatoms. The van der Waals surface area contributed by atoms with Crippen molar-refractivity contribution in [3.8, 4) is 0 Å². The third-order valence-electron chi connectivity index (χ3n) is 5.21. The molecular weight excluding hydrogens is 393 g/mol. The van der Waals surface area contributed by atoms with E-state index >= 15 is 0 Å². The Kier molecular flexibility index (Phi) is 5.83. The molecule has 3 rings (SSSR count). The number of fused-ring (bicyclic) bond motifs is 1. The lowest BCUT2D eigenvalue weighted by atomic mass is 9.93. The van der Waals surface area contributed by atoms with Crippen LogP contribution in [-0.4, -0.2) is 35.5 Å². The van der Waals surface area contributed by atoms with Gasteiger partial charge in [0.2, 0.25) is 0 Å². The summed E-state index contributed by atoms with van der Waals surface area (Å²) in [5.74, 6) is -0.661. The molecule has 2 aromatic carbocycles. The lowest BCUT2D eigenvalue weighted by Crippen LogP contribution is -2.59. The van der Waals surface area contributed by atoms with Crippen LogP contribution in [0.1, 0.15) is 34.6 Å². The molecule has 0 aliphatic rings. The number of para-hydroxylation sites is 1. The van der Waals surface area contributed by atoms with Gasteiger partial charge in [-0.1, -0.05) is 48.5 Å². The summed E-state index contributed by atoms with van der Waals surface area (Å²) in [6.45, 7) is 1.75. The number of carbonyl (C=O) groups excluding carboxylic acids is 1. The van der Waals surface area contributed by atoms with Crippen molar-refractivity contribution in [1.29, 1.82) is 0 Å². The van der Waals surface area contributed by atoms with E-state index in [1.807, 2.05) is 30.3 Å². The van der Waals surface area contributed by atoms with Gasteiger partial charge in [-0.2, -0.15) is 13.2 Å². The van der Waals surface area contributed by atoms with Crippen molar-refractivity contribution in [1.82, 2.24) is 15.2 Å². The molecule has 3 N–H and O–H groups in total. The predicted octanol–water partition coefficient (Wildman–Crippen LogP) is 3.96. The van der Waals surface area contributed by atoms with Crippen molar-refractivity contribution < 1.29 is 18.0 Å². The first-order chi connectivity index (χ1) is 14.0. The molecule has 30 heavy (non-hydrogen) atoms. The molecule has 2 atom stereocenters. The summed E-state index contributed by atoms with van der Waals surface area (Å²) in [6.07, 6.45) is -4.68. The first kappa shape index (κ1) is 21.7. The first-order valence-corrected chi connectivity index (χ1v) is 9.31. The van der Waals surface area contributed by atoms with Crippen LogP contribution in [0.2, 0.25) is 0 Å². The molecular formula is C22H23F3N4O. The van der Waals surface area contributed by atoms with Gasteiger partial charge in [0.25, 0.3) is 5.91 Å². The molecule has 0 spiro atoms. The molecule has 0 saturated carbocycles. The van der Waals surface area contributed by atoms with Crippen LogP contribution in [0.5, 0.6) is 0 Å². The molecule has 0 radical (unpaired) electrons. The summed E-state index contributed by atoms with van der Waals surface area (Å²) in [5.41, 5.74) is 5.09. The number of aromatic nitrogens is 1. The van der Waals surface area contributed by atoms with Gasteiger partial charge in [-0.05, 0) is 38.7 Å². The second-order valence-corrected chi connectivity index (χ2v) is 7.51. The van der Waals surface area contributed by atoms with Crippen LogP contribution in [-0.2, 0) is 6.18 Å². The second kappa shape index (κ2) is 8.04. The van der Waals surface area contributed by atoms with E-state index in [0.717, 1.165) is 11.6 Å². The monoisotopic (exact) mass is 416 g/mol. The first-order valence-electron chi connectivity index (χ1n) is 9.31. The minimum absolute atomic E-state index is 0.0943. The topological polar surface area (TPSA) is 71.2 Å². The quantitative estimate of drug-likeness (QED) is 0.618. The van der Waals surface area contributed by atoms with Crippen molar-refractivity contribution >= 4 is 16.8 Å². The number of likely N-dealkylation sites (N-methyl/N-ethyl adjacent to an activating group) is 1. The SMILES string of the molecule is CN(C)C(C)(N)C(NC(=O)c1cc(C(F)(F)F)nc2ccccc12)c1ccccc1. The molecule has 3 aromatic rings. The Bertz CT molecular complexity index is 1050. The van der Waals surface area contributed by atoms with Gasteiger partial charge in [0, 0.05) is 5.39 Å². The summed E-state index contributed by atoms with van der Waals surface area (Å²) in [7, 11) is 3.54. The van der Waals surface area contributed by atoms with E-state index in [1.165, 1.54) is 6.07 Å². The van der Waals surface area contributed by atoms with Crippen molar-refractivity contribution in [2.24, 2.45) is 5.73 Å². The fourth-order valence-electron chi connectivity index (χ4n) is 3.19. The van der Waals surface area contributed by atoms with Crippen LogP contribution in [0.3, 0.4) is 0 Å². The van der Waals surface area contributed by atoms with Crippen LogP contribution in [0, 0.1) is 0 Å². The molecule has 0 aliphatic heterocycles. The third-order valence-corrected chi connectivity index (χ3v) is 5.21. The van der Waals surface area contributed by atoms with E-state index in [4.69, 9.17) is 5.73 Å². The van der Waals surface area contributed by atoms with Crippen molar-refractivity contribution in [2.45, 2.75) is 24.8 Å². The van der Waals surface area contributed by atoms with Crippen molar-refractivity contribution in [2.75, 3.05) is 14.1 Å². The van der Waals surface area contributed by atoms with Gasteiger partial charge in [0.1, 0.15) is 5.69 Å². The molecule has 1 amide bonds. The number of hydrogen-bond acceptors (Lipinski definition) is 4. The van der Waals surface area contributed by atoms with Gasteiger partial charge in [0.15, 0.2) is 0 Å². The molecule has 0 bridgehead atoms. The smallest absolute Gasteiger partial charge is 0.342 e. The number of rotatable bonds is 5. The van der Waals surface area contributed by atoms with Crippen LogP contribution < -0.4 is 11.1 Å². The van der Waals surface area contributed by atoms with Gasteiger partial charge in [0.05, 0.1) is 22.8 Å². The number of nitrogens with one attached hydrogen (secondary N) is 1. The summed E-state index contributed by atoms with van der Waals surface area (Å²) in [5, 5.41) is 3.17. The van der Waals surface area contributed by atoms with E-state index < -0.39 is 29.5 Å². The van der Waals surface area contributed by atoms with E-state index in [9.17, 15) is 18.0 Å². The summed E-state index contributed by atoms with van der Waals surface area (Å²) in [4.78, 5) is 18.6. The molecule has 2 unspecified atom stereocenters. The average molecular weight is 416 g/mol. The molecule has 0 saturated heterocycles. The van der Waals surface area contributed by atoms with Crippen LogP contribution >= 0.6 is 0 Å². The summed E-state index contributed by atoms with van der Waals surface area (Å²) in [6, 6.07) is 15.4. The van der Waals surface area contributed by atoms with Crippen LogP contribution in [0.25, 0.3) is 10.9 Å². The molecule has 158 valence electrons. The maximum atomic E-state index is 13.4. The highest BCUT2D eigenvalue weighted by atomic mass is 19.4. The number of amides is 1. The Morgan fingerprint density at radius 3 is 2.27 bits per heavy atom. The molecule has 5 nitrogen and oxygen atoms in total. The highest BCUT2D eigenvalue weighted by Gasteiger charge is 2.37. The fourth-order valence-corrected chi connectivity index (χ4v) is 3.19. The zero-order valence-electron chi connectivity index (χ0n) is 16.9. The molecule has 0 aliphatic carbocycles. The van der Waals surface area contributed by atoms with Crippen LogP contribution in [0.15, 0.2) is 60.7 Å². The Morgan fingerprint density at radius 1 is 1.07 bits per heavy atom. The van der Waals surface area contributed by atoms with E-state index in [2.05, 4.69) is 10.3 Å². The number of hydrogen-bond donors (Lipinski definition) is 2. The van der Waals surface area contributed by atoms with Crippen molar-refractivity contribution in [3.05, 3.63) is 77.5 Å². The minimum atomic E-state index is -4.68. The number of halogens is 3. The molecule has 1 heterocycles. The van der Waals surface area contributed by atoms with E-state index in [1.54, 1.807) is 44.1 Å². The highest BCUT2D eigenvalue weighted by Crippen LogP contribution is 2.32.